The minimum atomic E-state index is -1.14. The standard InChI is InChI=1S/C15H16O3/c1-9(2)7-10-3-5-12-11(8-10)4-6-13(14(12)16)15(17)18/h3,5-6,8-9H,4,7H2,1-2H3,(H,17,18). The van der Waals surface area contributed by atoms with Crippen LogP contribution in [-0.2, 0) is 17.6 Å². The lowest BCUT2D eigenvalue weighted by atomic mass is 9.88. The van der Waals surface area contributed by atoms with Gasteiger partial charge >= 0.3 is 5.97 Å². The van der Waals surface area contributed by atoms with Gasteiger partial charge in [-0.25, -0.2) is 4.79 Å². The van der Waals surface area contributed by atoms with Crippen LogP contribution in [0.2, 0.25) is 0 Å². The molecule has 1 aliphatic carbocycles. The van der Waals surface area contributed by atoms with E-state index in [4.69, 9.17) is 5.11 Å². The van der Waals surface area contributed by atoms with Crippen molar-refractivity contribution in [1.82, 2.24) is 0 Å². The number of allylic oxidation sites excluding steroid dienone is 1. The molecule has 18 heavy (non-hydrogen) atoms. The third-order valence-corrected chi connectivity index (χ3v) is 3.06. The number of carbonyl (C=O) groups excluding carboxylic acids is 1. The number of carboxylic acid groups (broad SMARTS) is 1. The Morgan fingerprint density at radius 2 is 2.11 bits per heavy atom. The summed E-state index contributed by atoms with van der Waals surface area (Å²) in [5.74, 6) is -0.954. The number of hydrogen-bond acceptors (Lipinski definition) is 2. The van der Waals surface area contributed by atoms with Gasteiger partial charge in [-0.05, 0) is 29.9 Å². The molecule has 94 valence electrons. The highest BCUT2D eigenvalue weighted by molar-refractivity contribution is 6.24. The van der Waals surface area contributed by atoms with Crippen LogP contribution >= 0.6 is 0 Å². The summed E-state index contributed by atoms with van der Waals surface area (Å²) in [6, 6.07) is 5.69. The Morgan fingerprint density at radius 1 is 1.39 bits per heavy atom. The van der Waals surface area contributed by atoms with Crippen LogP contribution in [-0.4, -0.2) is 16.9 Å². The first-order valence-corrected chi connectivity index (χ1v) is 6.09. The largest absolute Gasteiger partial charge is 0.478 e. The van der Waals surface area contributed by atoms with E-state index in [9.17, 15) is 9.59 Å². The number of hydrogen-bond donors (Lipinski definition) is 1. The molecule has 0 aliphatic heterocycles. The van der Waals surface area contributed by atoms with E-state index < -0.39 is 5.97 Å². The molecule has 1 aliphatic rings. The summed E-state index contributed by atoms with van der Waals surface area (Å²) < 4.78 is 0. The maximum absolute atomic E-state index is 11.9. The highest BCUT2D eigenvalue weighted by atomic mass is 16.4. The van der Waals surface area contributed by atoms with Crippen molar-refractivity contribution in [1.29, 1.82) is 0 Å². The molecule has 0 spiro atoms. The molecule has 1 aromatic carbocycles. The summed E-state index contributed by atoms with van der Waals surface area (Å²) in [6.45, 7) is 4.29. The SMILES string of the molecule is CC(C)Cc1ccc2c(c1)CC=C(C(=O)O)C2=O. The van der Waals surface area contributed by atoms with E-state index in [0.717, 1.165) is 12.0 Å². The summed E-state index contributed by atoms with van der Waals surface area (Å²) in [6.07, 6.45) is 3.00. The van der Waals surface area contributed by atoms with Gasteiger partial charge in [0, 0.05) is 5.56 Å². The van der Waals surface area contributed by atoms with E-state index in [1.54, 1.807) is 6.07 Å². The number of aliphatic carboxylic acids is 1. The molecule has 0 unspecified atom stereocenters. The van der Waals surface area contributed by atoms with Crippen molar-refractivity contribution >= 4 is 11.8 Å². The van der Waals surface area contributed by atoms with Crippen LogP contribution in [0.3, 0.4) is 0 Å². The molecule has 3 heteroatoms. The maximum Gasteiger partial charge on any atom is 0.339 e. The van der Waals surface area contributed by atoms with Crippen molar-refractivity contribution in [2.24, 2.45) is 5.92 Å². The predicted octanol–water partition coefficient (Wildman–Crippen LogP) is 2.63. The van der Waals surface area contributed by atoms with Crippen molar-refractivity contribution in [2.45, 2.75) is 26.7 Å². The molecule has 0 amide bonds. The van der Waals surface area contributed by atoms with Crippen LogP contribution < -0.4 is 0 Å². The molecule has 0 radical (unpaired) electrons. The molecule has 0 aromatic heterocycles. The molecule has 0 heterocycles. The zero-order chi connectivity index (χ0) is 13.3. The molecule has 1 N–H and O–H groups in total. The van der Waals surface area contributed by atoms with E-state index in [0.29, 0.717) is 17.9 Å². The Balaban J connectivity index is 2.34. The molecule has 1 aromatic rings. The van der Waals surface area contributed by atoms with Crippen LogP contribution in [0.4, 0.5) is 0 Å². The van der Waals surface area contributed by atoms with Crippen molar-refractivity contribution in [3.63, 3.8) is 0 Å². The van der Waals surface area contributed by atoms with Gasteiger partial charge in [0.2, 0.25) is 0 Å². The van der Waals surface area contributed by atoms with Gasteiger partial charge in [0.15, 0.2) is 5.78 Å². The first-order chi connectivity index (χ1) is 8.49. The normalized spacial score (nSPS) is 14.4. The molecule has 0 saturated heterocycles. The number of ketones is 1. The Kier molecular flexibility index (Phi) is 3.32. The van der Waals surface area contributed by atoms with Gasteiger partial charge in [0.05, 0.1) is 0 Å². The molecule has 0 bridgehead atoms. The van der Waals surface area contributed by atoms with E-state index in [1.165, 1.54) is 11.6 Å². The molecule has 0 atom stereocenters. The topological polar surface area (TPSA) is 54.4 Å². The van der Waals surface area contributed by atoms with Gasteiger partial charge in [0.25, 0.3) is 0 Å². The lowest BCUT2D eigenvalue weighted by molar-refractivity contribution is -0.132. The number of benzene rings is 1. The molecular formula is C15H16O3. The average molecular weight is 244 g/mol. The lowest BCUT2D eigenvalue weighted by Crippen LogP contribution is -2.18. The number of rotatable bonds is 3. The van der Waals surface area contributed by atoms with Crippen molar-refractivity contribution < 1.29 is 14.7 Å². The van der Waals surface area contributed by atoms with Gasteiger partial charge in [0.1, 0.15) is 5.57 Å². The van der Waals surface area contributed by atoms with Crippen molar-refractivity contribution in [3.05, 3.63) is 46.5 Å². The predicted molar refractivity (Wildman–Crippen MR) is 68.7 cm³/mol. The van der Waals surface area contributed by atoms with E-state index >= 15 is 0 Å². The number of fused-ring (bicyclic) bond motifs is 1. The first-order valence-electron chi connectivity index (χ1n) is 6.09. The van der Waals surface area contributed by atoms with Gasteiger partial charge in [-0.2, -0.15) is 0 Å². The minimum Gasteiger partial charge on any atom is -0.478 e. The first kappa shape index (κ1) is 12.6. The van der Waals surface area contributed by atoms with Crippen molar-refractivity contribution in [3.8, 4) is 0 Å². The molecule has 0 fully saturated rings. The summed E-state index contributed by atoms with van der Waals surface area (Å²) in [4.78, 5) is 22.8. The minimum absolute atomic E-state index is 0.112. The number of Topliss-reactive ketones (excluding diaryl/α,β-unsaturated/α-hetero) is 1. The van der Waals surface area contributed by atoms with E-state index in [1.807, 2.05) is 12.1 Å². The molecule has 2 rings (SSSR count). The van der Waals surface area contributed by atoms with E-state index in [-0.39, 0.29) is 11.4 Å². The van der Waals surface area contributed by atoms with Crippen LogP contribution in [0.15, 0.2) is 29.8 Å². The summed E-state index contributed by atoms with van der Waals surface area (Å²) in [5.41, 5.74) is 2.55. The highest BCUT2D eigenvalue weighted by Gasteiger charge is 2.25. The Morgan fingerprint density at radius 3 is 2.72 bits per heavy atom. The van der Waals surface area contributed by atoms with Crippen LogP contribution in [0, 0.1) is 5.92 Å². The fraction of sp³-hybridized carbons (Fsp3) is 0.333. The maximum atomic E-state index is 11.9. The zero-order valence-corrected chi connectivity index (χ0v) is 10.6. The number of carbonyl (C=O) groups is 2. The third-order valence-electron chi connectivity index (χ3n) is 3.06. The summed E-state index contributed by atoms with van der Waals surface area (Å²) >= 11 is 0. The fourth-order valence-electron chi connectivity index (χ4n) is 2.27. The number of carboxylic acids is 1. The Labute approximate surface area is 106 Å². The zero-order valence-electron chi connectivity index (χ0n) is 10.6. The van der Waals surface area contributed by atoms with Gasteiger partial charge in [-0.15, -0.1) is 0 Å². The molecule has 3 nitrogen and oxygen atoms in total. The summed E-state index contributed by atoms with van der Waals surface area (Å²) in [5, 5.41) is 8.92. The second kappa shape index (κ2) is 4.77. The smallest absolute Gasteiger partial charge is 0.339 e. The average Bonchev–Trinajstić information content (AvgIpc) is 2.27. The monoisotopic (exact) mass is 244 g/mol. The van der Waals surface area contributed by atoms with Crippen LogP contribution in [0.5, 0.6) is 0 Å². The van der Waals surface area contributed by atoms with Crippen molar-refractivity contribution in [2.75, 3.05) is 0 Å². The Bertz CT molecular complexity index is 539. The fourth-order valence-corrected chi connectivity index (χ4v) is 2.27. The Hall–Kier alpha value is -1.90. The van der Waals surface area contributed by atoms with Gasteiger partial charge < -0.3 is 5.11 Å². The van der Waals surface area contributed by atoms with Gasteiger partial charge in [-0.1, -0.05) is 38.1 Å². The highest BCUT2D eigenvalue weighted by Crippen LogP contribution is 2.23. The summed E-state index contributed by atoms with van der Waals surface area (Å²) in [7, 11) is 0. The van der Waals surface area contributed by atoms with E-state index in [2.05, 4.69) is 13.8 Å². The molecular weight excluding hydrogens is 228 g/mol. The second-order valence-corrected chi connectivity index (χ2v) is 5.05. The quantitative estimate of drug-likeness (QED) is 0.831. The lowest BCUT2D eigenvalue weighted by Gasteiger charge is -2.15. The molecule has 0 saturated carbocycles. The van der Waals surface area contributed by atoms with Crippen LogP contribution in [0.1, 0.15) is 35.3 Å². The second-order valence-electron chi connectivity index (χ2n) is 5.05. The third kappa shape index (κ3) is 2.35. The van der Waals surface area contributed by atoms with Gasteiger partial charge in [-0.3, -0.25) is 4.79 Å². The van der Waals surface area contributed by atoms with Crippen LogP contribution in [0.25, 0.3) is 0 Å².